The number of imide groups is 1. The number of halogens is 2. The first-order chi connectivity index (χ1) is 36.5. The van der Waals surface area contributed by atoms with E-state index in [4.69, 9.17) is 16.1 Å². The highest BCUT2D eigenvalue weighted by molar-refractivity contribution is 6.03. The SMILES string of the molecule is C#Cc1c(F)ccc2cc(O)cc(-c3ncc4c(N5CC6CCC(C5)N6)nc(OCCN5CCC(CC6CCN(CC7CCN(c8cccc9c8n(C)c(=O)n9C8CCC(=O)NC8=O)CC7)CC6)CC5)nc4c3F)c12. The lowest BCUT2D eigenvalue weighted by Gasteiger charge is -2.39. The minimum Gasteiger partial charge on any atom is -0.508 e. The monoisotopic (exact) mass is 1020 g/mol. The van der Waals surface area contributed by atoms with Gasteiger partial charge in [-0.15, -0.1) is 6.42 Å². The highest BCUT2D eigenvalue weighted by Crippen LogP contribution is 2.40. The van der Waals surface area contributed by atoms with Gasteiger partial charge in [0.1, 0.15) is 41.2 Å². The van der Waals surface area contributed by atoms with Crippen LogP contribution in [-0.2, 0) is 16.6 Å². The number of anilines is 2. The number of aromatic nitrogens is 5. The van der Waals surface area contributed by atoms with Crippen LogP contribution in [0.3, 0.4) is 0 Å². The number of amides is 2. The summed E-state index contributed by atoms with van der Waals surface area (Å²) in [7, 11) is 1.77. The van der Waals surface area contributed by atoms with Gasteiger partial charge in [-0.1, -0.05) is 18.1 Å². The van der Waals surface area contributed by atoms with Gasteiger partial charge in [0.2, 0.25) is 11.8 Å². The Morgan fingerprint density at radius 2 is 1.56 bits per heavy atom. The molecule has 6 aliphatic heterocycles. The number of piperazine rings is 1. The molecular weight excluding hydrogens is 957 g/mol. The summed E-state index contributed by atoms with van der Waals surface area (Å²) in [5.41, 5.74) is 2.42. The summed E-state index contributed by atoms with van der Waals surface area (Å²) in [4.78, 5) is 62.0. The molecule has 0 saturated carbocycles. The van der Waals surface area contributed by atoms with Gasteiger partial charge >= 0.3 is 11.7 Å². The zero-order valence-electron chi connectivity index (χ0n) is 42.6. The summed E-state index contributed by atoms with van der Waals surface area (Å²) in [5.74, 6) is 2.86. The molecule has 9 heterocycles. The number of fused-ring (bicyclic) bond motifs is 5. The summed E-state index contributed by atoms with van der Waals surface area (Å²) >= 11 is 0. The third-order valence-electron chi connectivity index (χ3n) is 17.4. The zero-order valence-corrected chi connectivity index (χ0v) is 42.6. The van der Waals surface area contributed by atoms with Crippen molar-refractivity contribution in [2.24, 2.45) is 24.8 Å². The Morgan fingerprint density at radius 1 is 0.840 bits per heavy atom. The minimum atomic E-state index is -0.729. The predicted octanol–water partition coefficient (Wildman–Crippen LogP) is 6.49. The number of ether oxygens (including phenoxy) is 1. The molecule has 3 N–H and O–H groups in total. The number of rotatable bonds is 12. The number of phenols is 1. The Bertz CT molecular complexity index is 3280. The predicted molar refractivity (Wildman–Crippen MR) is 284 cm³/mol. The van der Waals surface area contributed by atoms with Crippen molar-refractivity contribution in [2.45, 2.75) is 88.8 Å². The molecule has 6 saturated heterocycles. The Kier molecular flexibility index (Phi) is 13.4. The Labute approximate surface area is 434 Å². The van der Waals surface area contributed by atoms with Crippen molar-refractivity contribution >= 4 is 56.0 Å². The zero-order chi connectivity index (χ0) is 51.5. The summed E-state index contributed by atoms with van der Waals surface area (Å²) in [6, 6.07) is 11.5. The van der Waals surface area contributed by atoms with Crippen LogP contribution in [0.1, 0.15) is 82.2 Å². The number of likely N-dealkylation sites (tertiary alicyclic amines) is 2. The molecule has 12 rings (SSSR count). The maximum Gasteiger partial charge on any atom is 0.329 e. The van der Waals surface area contributed by atoms with Crippen LogP contribution in [0.4, 0.5) is 20.3 Å². The lowest BCUT2D eigenvalue weighted by Crippen LogP contribution is -2.51. The molecule has 3 atom stereocenters. The maximum absolute atomic E-state index is 17.0. The summed E-state index contributed by atoms with van der Waals surface area (Å²) in [6.45, 7) is 9.70. The second-order valence-electron chi connectivity index (χ2n) is 22.1. The van der Waals surface area contributed by atoms with Gasteiger partial charge in [-0.25, -0.2) is 13.6 Å². The van der Waals surface area contributed by atoms with E-state index in [0.717, 1.165) is 107 Å². The molecule has 6 fully saturated rings. The number of terminal acetylenes is 1. The molecular formula is C57H65F2N11O5. The standard InChI is InChI=1S/C57H65F2N11O5/c1-3-41-44(58)10-7-37-28-40(71)29-42(49(37)41)51-50(59)52-43(30-60-51)54(69-32-38-8-9-39(33-69)61-38)64-56(63-52)75-26-25-66-19-13-34(14-20-66)27-35-15-21-67(22-16-35)31-36-17-23-68(24-18-36)45-5-4-6-46-53(45)65(2)57(74)70(46)47-11-12-48(72)62-55(47)73/h1,4-7,10,28-30,34-36,38-39,47,61,71H,8-9,11-27,31-33H2,2H3,(H,62,72,73). The molecule has 3 aromatic carbocycles. The molecule has 392 valence electrons. The summed E-state index contributed by atoms with van der Waals surface area (Å²) in [5, 5.41) is 17.9. The van der Waals surface area contributed by atoms with E-state index in [-0.39, 0.29) is 57.5 Å². The number of benzene rings is 3. The minimum absolute atomic E-state index is 0.0359. The quantitative estimate of drug-likeness (QED) is 0.0901. The first kappa shape index (κ1) is 49.2. The Morgan fingerprint density at radius 3 is 2.28 bits per heavy atom. The lowest BCUT2D eigenvalue weighted by atomic mass is 9.82. The van der Waals surface area contributed by atoms with E-state index in [2.05, 4.69) is 52.2 Å². The number of piperidine rings is 4. The van der Waals surface area contributed by atoms with Crippen molar-refractivity contribution in [1.82, 2.24) is 44.5 Å². The topological polar surface area (TPSA) is 166 Å². The second kappa shape index (κ2) is 20.5. The van der Waals surface area contributed by atoms with E-state index in [1.807, 2.05) is 12.1 Å². The molecule has 0 aliphatic carbocycles. The number of hydrogen-bond acceptors (Lipinski definition) is 13. The van der Waals surface area contributed by atoms with Crippen LogP contribution < -0.4 is 30.9 Å². The molecule has 3 aromatic heterocycles. The normalized spacial score (nSPS) is 22.7. The van der Waals surface area contributed by atoms with Crippen molar-refractivity contribution in [1.29, 1.82) is 0 Å². The number of pyridine rings is 1. The first-order valence-corrected chi connectivity index (χ1v) is 27.1. The van der Waals surface area contributed by atoms with E-state index in [9.17, 15) is 19.5 Å². The number of hydrogen-bond donors (Lipinski definition) is 3. The molecule has 6 aromatic rings. The molecule has 0 radical (unpaired) electrons. The number of aromatic hydroxyl groups is 1. The van der Waals surface area contributed by atoms with Crippen LogP contribution in [0.2, 0.25) is 0 Å². The van der Waals surface area contributed by atoms with Crippen LogP contribution in [0, 0.1) is 41.7 Å². The third kappa shape index (κ3) is 9.56. The van der Waals surface area contributed by atoms with Crippen LogP contribution in [0.25, 0.3) is 44.0 Å². The largest absolute Gasteiger partial charge is 0.508 e. The fraction of sp³-hybridized carbons (Fsp3) is 0.509. The van der Waals surface area contributed by atoms with E-state index in [0.29, 0.717) is 73.2 Å². The van der Waals surface area contributed by atoms with Crippen molar-refractivity contribution in [3.05, 3.63) is 76.3 Å². The molecule has 16 nitrogen and oxygen atoms in total. The van der Waals surface area contributed by atoms with E-state index in [1.54, 1.807) is 22.4 Å². The fourth-order valence-electron chi connectivity index (χ4n) is 13.4. The number of aryl methyl sites for hydroxylation is 1. The number of para-hydroxylation sites is 1. The number of imidazole rings is 1. The van der Waals surface area contributed by atoms with Crippen LogP contribution >= 0.6 is 0 Å². The van der Waals surface area contributed by atoms with Crippen molar-refractivity contribution in [2.75, 3.05) is 81.9 Å². The van der Waals surface area contributed by atoms with Gasteiger partial charge < -0.3 is 29.9 Å². The molecule has 18 heteroatoms. The third-order valence-corrected chi connectivity index (χ3v) is 17.4. The van der Waals surface area contributed by atoms with E-state index >= 15 is 8.78 Å². The van der Waals surface area contributed by atoms with E-state index < -0.39 is 23.6 Å². The smallest absolute Gasteiger partial charge is 0.329 e. The van der Waals surface area contributed by atoms with Crippen LogP contribution in [0.5, 0.6) is 11.8 Å². The van der Waals surface area contributed by atoms with Gasteiger partial charge in [0.15, 0.2) is 5.82 Å². The summed E-state index contributed by atoms with van der Waals surface area (Å²) < 4.78 is 41.6. The number of carbonyl (C=O) groups excluding carboxylic acids is 2. The fourth-order valence-corrected chi connectivity index (χ4v) is 13.4. The maximum atomic E-state index is 17.0. The highest BCUT2D eigenvalue weighted by atomic mass is 19.1. The number of phenolic OH excluding ortho intramolecular Hbond substituents is 1. The Hall–Kier alpha value is -6.68. The highest BCUT2D eigenvalue weighted by Gasteiger charge is 2.36. The molecule has 6 aliphatic rings. The molecule has 75 heavy (non-hydrogen) atoms. The molecule has 0 spiro atoms. The Balaban J connectivity index is 0.633. The number of nitrogens with zero attached hydrogens (tertiary/aromatic N) is 9. The van der Waals surface area contributed by atoms with Gasteiger partial charge in [-0.2, -0.15) is 9.97 Å². The number of nitrogens with one attached hydrogen (secondary N) is 2. The second-order valence-corrected chi connectivity index (χ2v) is 22.1. The van der Waals surface area contributed by atoms with Gasteiger partial charge in [0.05, 0.1) is 27.7 Å². The van der Waals surface area contributed by atoms with Gasteiger partial charge in [0, 0.05) is 82.0 Å². The van der Waals surface area contributed by atoms with Gasteiger partial charge in [-0.3, -0.25) is 33.9 Å². The van der Waals surface area contributed by atoms with Crippen molar-refractivity contribution < 1.29 is 28.2 Å². The first-order valence-electron chi connectivity index (χ1n) is 27.1. The molecule has 3 unspecified atom stereocenters. The van der Waals surface area contributed by atoms with Crippen molar-refractivity contribution in [3.63, 3.8) is 0 Å². The van der Waals surface area contributed by atoms with Gasteiger partial charge in [-0.05, 0) is 144 Å². The average Bonchev–Trinajstić information content (AvgIpc) is 3.89. The van der Waals surface area contributed by atoms with Gasteiger partial charge in [0.25, 0.3) is 0 Å². The average molecular weight is 1020 g/mol. The van der Waals surface area contributed by atoms with Crippen LogP contribution in [0.15, 0.2) is 53.5 Å². The van der Waals surface area contributed by atoms with E-state index in [1.165, 1.54) is 43.5 Å². The summed E-state index contributed by atoms with van der Waals surface area (Å²) in [6.07, 6.45) is 18.2. The molecule has 2 amide bonds. The lowest BCUT2D eigenvalue weighted by molar-refractivity contribution is -0.135. The van der Waals surface area contributed by atoms with Crippen molar-refractivity contribution in [3.8, 4) is 35.4 Å². The van der Waals surface area contributed by atoms with Crippen LogP contribution in [-0.4, -0.2) is 135 Å². The number of carbonyl (C=O) groups is 2. The molecule has 2 bridgehead atoms.